The van der Waals surface area contributed by atoms with Crippen LogP contribution in [-0.4, -0.2) is 14.8 Å². The van der Waals surface area contributed by atoms with Gasteiger partial charge >= 0.3 is 0 Å². The zero-order valence-electron chi connectivity index (χ0n) is 10.4. The molecule has 0 aliphatic rings. The first-order chi connectivity index (χ1) is 8.84. The minimum Gasteiger partial charge on any atom is -0.357 e. The van der Waals surface area contributed by atoms with Gasteiger partial charge in [-0.25, -0.2) is 0 Å². The molecule has 0 spiro atoms. The molecule has 0 aliphatic carbocycles. The van der Waals surface area contributed by atoms with Gasteiger partial charge in [0.25, 0.3) is 0 Å². The number of benzene rings is 2. The molecule has 0 radical (unpaired) electrons. The fourth-order valence-corrected chi connectivity index (χ4v) is 1.93. The Morgan fingerprint density at radius 2 is 1.84 bits per heavy atom. The molecule has 0 N–H and O–H groups in total. The van der Waals surface area contributed by atoms with Gasteiger partial charge in [-0.2, -0.15) is 5.10 Å². The van der Waals surface area contributed by atoms with E-state index in [1.165, 1.54) is 5.56 Å². The minimum absolute atomic E-state index is 0. The summed E-state index contributed by atoms with van der Waals surface area (Å²) in [5.74, 6) is 0.827. The fourth-order valence-electron chi connectivity index (χ4n) is 1.93. The molecule has 0 aliphatic heterocycles. The number of aromatic nitrogens is 3. The molecule has 0 saturated carbocycles. The molecular formula is C15H12N3Pt-. The topological polar surface area (TPSA) is 30.7 Å². The molecule has 0 fully saturated rings. The SMILES string of the molecule is Cn1cnnc1-c1[c-]ccc(-c2ccccc2)c1.[Pt]. The largest absolute Gasteiger partial charge is 0.357 e. The molecule has 0 amide bonds. The second-order valence-corrected chi connectivity index (χ2v) is 4.12. The minimum atomic E-state index is 0. The van der Waals surface area contributed by atoms with E-state index in [2.05, 4.69) is 40.5 Å². The molecule has 2 aromatic carbocycles. The van der Waals surface area contributed by atoms with Gasteiger partial charge in [0.05, 0.1) is 5.82 Å². The Hall–Kier alpha value is -1.73. The molecule has 0 atom stereocenters. The Balaban J connectivity index is 0.00000133. The van der Waals surface area contributed by atoms with Crippen LogP contribution in [0.3, 0.4) is 0 Å². The molecule has 3 aromatic rings. The monoisotopic (exact) mass is 429 g/mol. The third kappa shape index (κ3) is 2.82. The molecular weight excluding hydrogens is 417 g/mol. The molecule has 3 rings (SSSR count). The average molecular weight is 429 g/mol. The van der Waals surface area contributed by atoms with Crippen LogP contribution in [0.15, 0.2) is 54.9 Å². The van der Waals surface area contributed by atoms with E-state index < -0.39 is 0 Å². The maximum absolute atomic E-state index is 4.10. The van der Waals surface area contributed by atoms with Crippen molar-refractivity contribution in [3.05, 3.63) is 60.9 Å². The van der Waals surface area contributed by atoms with E-state index >= 15 is 0 Å². The second kappa shape index (κ2) is 5.94. The van der Waals surface area contributed by atoms with Gasteiger partial charge < -0.3 is 4.57 Å². The molecule has 4 heteroatoms. The molecule has 19 heavy (non-hydrogen) atoms. The predicted molar refractivity (Wildman–Crippen MR) is 70.7 cm³/mol. The summed E-state index contributed by atoms with van der Waals surface area (Å²) in [6.45, 7) is 0. The van der Waals surface area contributed by atoms with Gasteiger partial charge in [0, 0.05) is 28.1 Å². The van der Waals surface area contributed by atoms with Gasteiger partial charge in [-0.3, -0.25) is 0 Å². The van der Waals surface area contributed by atoms with Crippen LogP contribution in [0, 0.1) is 6.07 Å². The quantitative estimate of drug-likeness (QED) is 0.587. The molecule has 1 aromatic heterocycles. The summed E-state index contributed by atoms with van der Waals surface area (Å²) in [5, 5.41) is 8.00. The third-order valence-electron chi connectivity index (χ3n) is 2.86. The Morgan fingerprint density at radius 1 is 1.05 bits per heavy atom. The molecule has 0 unspecified atom stereocenters. The smallest absolute Gasteiger partial charge is 0.110 e. The van der Waals surface area contributed by atoms with E-state index in [1.54, 1.807) is 6.33 Å². The van der Waals surface area contributed by atoms with E-state index in [0.717, 1.165) is 17.0 Å². The van der Waals surface area contributed by atoms with Crippen LogP contribution in [-0.2, 0) is 28.1 Å². The summed E-state index contributed by atoms with van der Waals surface area (Å²) in [6, 6.07) is 19.5. The first-order valence-electron chi connectivity index (χ1n) is 5.76. The summed E-state index contributed by atoms with van der Waals surface area (Å²) in [7, 11) is 1.93. The van der Waals surface area contributed by atoms with Crippen LogP contribution in [0.5, 0.6) is 0 Å². The molecule has 0 bridgehead atoms. The van der Waals surface area contributed by atoms with E-state index in [9.17, 15) is 0 Å². The third-order valence-corrected chi connectivity index (χ3v) is 2.86. The number of nitrogens with zero attached hydrogens (tertiary/aromatic N) is 3. The Labute approximate surface area is 126 Å². The normalized spacial score (nSPS) is 9.95. The van der Waals surface area contributed by atoms with E-state index in [-0.39, 0.29) is 21.1 Å². The number of hydrogen-bond donors (Lipinski definition) is 0. The number of rotatable bonds is 2. The van der Waals surface area contributed by atoms with Crippen molar-refractivity contribution >= 4 is 0 Å². The van der Waals surface area contributed by atoms with Crippen LogP contribution in [0.25, 0.3) is 22.5 Å². The zero-order chi connectivity index (χ0) is 12.4. The van der Waals surface area contributed by atoms with Crippen molar-refractivity contribution in [2.45, 2.75) is 0 Å². The Morgan fingerprint density at radius 3 is 2.53 bits per heavy atom. The van der Waals surface area contributed by atoms with Crippen LogP contribution < -0.4 is 0 Å². The van der Waals surface area contributed by atoms with Gasteiger partial charge in [0.15, 0.2) is 0 Å². The summed E-state index contributed by atoms with van der Waals surface area (Å²) in [6.07, 6.45) is 1.69. The van der Waals surface area contributed by atoms with Gasteiger partial charge in [-0.05, 0) is 5.56 Å². The van der Waals surface area contributed by atoms with E-state index in [0.29, 0.717) is 0 Å². The van der Waals surface area contributed by atoms with Crippen molar-refractivity contribution in [3.63, 3.8) is 0 Å². The van der Waals surface area contributed by atoms with Crippen molar-refractivity contribution < 1.29 is 21.1 Å². The van der Waals surface area contributed by atoms with E-state index in [1.807, 2.05) is 35.9 Å². The van der Waals surface area contributed by atoms with Crippen LogP contribution in [0.4, 0.5) is 0 Å². The van der Waals surface area contributed by atoms with Crippen LogP contribution in [0.2, 0.25) is 0 Å². The van der Waals surface area contributed by atoms with Crippen molar-refractivity contribution in [2.24, 2.45) is 7.05 Å². The second-order valence-electron chi connectivity index (χ2n) is 4.12. The standard InChI is InChI=1S/C15H12N3.Pt/c1-18-11-16-17-15(18)14-9-5-8-13(10-14)12-6-3-2-4-7-12;/h2-8,10-11H,1H3;/q-1;. The number of aryl methyl sites for hydroxylation is 1. The van der Waals surface area contributed by atoms with Crippen molar-refractivity contribution in [1.82, 2.24) is 14.8 Å². The van der Waals surface area contributed by atoms with Gasteiger partial charge in [0.2, 0.25) is 0 Å². The van der Waals surface area contributed by atoms with Crippen molar-refractivity contribution in [2.75, 3.05) is 0 Å². The summed E-state index contributed by atoms with van der Waals surface area (Å²) in [4.78, 5) is 0. The van der Waals surface area contributed by atoms with Crippen molar-refractivity contribution in [3.8, 4) is 22.5 Å². The molecule has 1 heterocycles. The summed E-state index contributed by atoms with van der Waals surface area (Å²) >= 11 is 0. The first kappa shape index (κ1) is 13.7. The summed E-state index contributed by atoms with van der Waals surface area (Å²) in [5.41, 5.74) is 3.30. The number of hydrogen-bond acceptors (Lipinski definition) is 2. The molecule has 3 nitrogen and oxygen atoms in total. The van der Waals surface area contributed by atoms with Crippen molar-refractivity contribution in [1.29, 1.82) is 0 Å². The Bertz CT molecular complexity index is 662. The zero-order valence-corrected chi connectivity index (χ0v) is 12.6. The van der Waals surface area contributed by atoms with E-state index in [4.69, 9.17) is 0 Å². The maximum Gasteiger partial charge on any atom is 0.110 e. The van der Waals surface area contributed by atoms with Crippen LogP contribution in [0.1, 0.15) is 0 Å². The predicted octanol–water partition coefficient (Wildman–Crippen LogP) is 2.95. The fraction of sp³-hybridized carbons (Fsp3) is 0.0667. The molecule has 0 saturated heterocycles. The van der Waals surface area contributed by atoms with Gasteiger partial charge in [0.1, 0.15) is 6.33 Å². The molecule has 98 valence electrons. The average Bonchev–Trinajstić information content (AvgIpc) is 2.86. The van der Waals surface area contributed by atoms with Gasteiger partial charge in [-0.15, -0.1) is 40.5 Å². The first-order valence-corrected chi connectivity index (χ1v) is 5.76. The van der Waals surface area contributed by atoms with Crippen LogP contribution >= 0.6 is 0 Å². The van der Waals surface area contributed by atoms with Gasteiger partial charge in [-0.1, -0.05) is 30.3 Å². The summed E-state index contributed by atoms with van der Waals surface area (Å²) < 4.78 is 1.89. The Kier molecular flexibility index (Phi) is 4.28. The maximum atomic E-state index is 4.10.